The highest BCUT2D eigenvalue weighted by Crippen LogP contribution is 2.31. The van der Waals surface area contributed by atoms with Crippen LogP contribution >= 0.6 is 45.2 Å². The van der Waals surface area contributed by atoms with Gasteiger partial charge in [0.15, 0.2) is 0 Å². The molecule has 0 bridgehead atoms. The van der Waals surface area contributed by atoms with E-state index in [1.165, 1.54) is 85.7 Å². The van der Waals surface area contributed by atoms with Crippen LogP contribution < -0.4 is 54.9 Å². The zero-order chi connectivity index (χ0) is 65.5. The van der Waals surface area contributed by atoms with E-state index in [9.17, 15) is 53.0 Å². The quantitative estimate of drug-likeness (QED) is 0.0555. The third-order valence-electron chi connectivity index (χ3n) is 14.9. The van der Waals surface area contributed by atoms with Crippen molar-refractivity contribution in [3.8, 4) is 11.4 Å². The molecule has 1 aliphatic rings. The number of fused-ring (bicyclic) bond motifs is 2. The van der Waals surface area contributed by atoms with Crippen molar-refractivity contribution in [2.75, 3.05) is 34.5 Å². The molecule has 1 aliphatic heterocycles. The summed E-state index contributed by atoms with van der Waals surface area (Å²) in [4.78, 5) is 107. The number of nitrogens with one attached hydrogen (secondary N) is 4. The summed E-state index contributed by atoms with van der Waals surface area (Å²) in [5, 5.41) is 30.3. The monoisotopic (exact) mass is 1480 g/mol. The number of amides is 2. The molecule has 6 N–H and O–H groups in total. The maximum Gasteiger partial charge on any atom is 0.337 e. The topological polar surface area (TPSA) is 264 Å². The van der Waals surface area contributed by atoms with Crippen molar-refractivity contribution < 1.29 is 33.3 Å². The molecule has 2 amide bonds. The third-order valence-corrected chi connectivity index (χ3v) is 16.3. The van der Waals surface area contributed by atoms with Crippen LogP contribution in [0.25, 0.3) is 33.3 Å². The Bertz CT molecular complexity index is 4860. The van der Waals surface area contributed by atoms with Crippen LogP contribution in [0.3, 0.4) is 0 Å². The van der Waals surface area contributed by atoms with E-state index in [0.29, 0.717) is 52.1 Å². The molecular formula is C67H66F2I2N10O11. The number of aliphatic hydroxyl groups is 2. The van der Waals surface area contributed by atoms with Crippen molar-refractivity contribution in [1.29, 1.82) is 0 Å². The van der Waals surface area contributed by atoms with Gasteiger partial charge in [-0.25, -0.2) is 22.9 Å². The van der Waals surface area contributed by atoms with E-state index >= 15 is 4.39 Å². The van der Waals surface area contributed by atoms with Crippen LogP contribution in [0.2, 0.25) is 0 Å². The lowest BCUT2D eigenvalue weighted by molar-refractivity contribution is -0.115. The van der Waals surface area contributed by atoms with Gasteiger partial charge in [0.1, 0.15) is 33.9 Å². The van der Waals surface area contributed by atoms with Crippen molar-refractivity contribution in [3.63, 3.8) is 0 Å². The first kappa shape index (κ1) is 68.7. The van der Waals surface area contributed by atoms with Gasteiger partial charge in [-0.05, 0) is 167 Å². The number of benzene rings is 6. The summed E-state index contributed by atoms with van der Waals surface area (Å²) in [6, 6.07) is 35.5. The Kier molecular flexibility index (Phi) is 22.3. The fourth-order valence-corrected chi connectivity index (χ4v) is 11.3. The number of pyridine rings is 2. The zero-order valence-electron chi connectivity index (χ0n) is 50.1. The summed E-state index contributed by atoms with van der Waals surface area (Å²) in [6.45, 7) is 7.21. The predicted octanol–water partition coefficient (Wildman–Crippen LogP) is 9.72. The van der Waals surface area contributed by atoms with Gasteiger partial charge in [0, 0.05) is 76.5 Å². The highest BCUT2D eigenvalue weighted by Gasteiger charge is 2.27. The third kappa shape index (κ3) is 14.9. The lowest BCUT2D eigenvalue weighted by Crippen LogP contribution is -2.42. The Hall–Kier alpha value is -9.16. The second kappa shape index (κ2) is 29.9. The smallest absolute Gasteiger partial charge is 0.337 e. The number of aliphatic hydroxyl groups excluding tert-OH is 2. The van der Waals surface area contributed by atoms with Gasteiger partial charge in [-0.2, -0.15) is 0 Å². The molecule has 0 aliphatic carbocycles. The summed E-state index contributed by atoms with van der Waals surface area (Å²) in [5.41, 5.74) is 0.643. The second-order valence-electron chi connectivity index (χ2n) is 21.4. The SMILES string of the molecule is C.C1CCOC1.CC(=O)Nc1cccc(-n2c(=O)n(Cc3ccc(CO)cc3)c(=O)c3c(Nc4ccc(I)cc4F)n(C)c(=O)c(C)c32)c1.CC(=O)Nc1cccc(Nc2c(C)c(=O)n(C)c3c2c(=O)n(Cc2ccc(CO)cc2)c(=O)n3-c2ccc(I)cc2F)c1. The maximum atomic E-state index is 15.5. The maximum absolute atomic E-state index is 15.5. The van der Waals surface area contributed by atoms with Crippen LogP contribution in [0.15, 0.2) is 162 Å². The molecule has 11 rings (SSSR count). The summed E-state index contributed by atoms with van der Waals surface area (Å²) in [6.07, 6.45) is 2.56. The minimum atomic E-state index is -0.832. The standard InChI is InChI=1S/2C31H27FIN5O5.C4H8O.CH4/c1-17-27-26(28(36(3)29(17)41)35-25-12-11-21(33)13-24(25)32)30(42)37(15-19-7-9-20(16-39)10-8-19)31(43)38(27)23-6-4-5-22(14-23)34-18(2)40;1-17-27(35-23-6-4-5-22(14-23)34-18(2)40)26-28(36(3)29(17)41)38(25-12-11-21(33)13-24(25)32)31(43)37(30(26)42)15-19-7-9-20(16-39)10-8-19;1-2-4-5-3-1;/h2*4-14,35,39H,15-16H2,1-3H3,(H,34,40);1-4H2;1H4. The van der Waals surface area contributed by atoms with Gasteiger partial charge in [-0.1, -0.05) is 68.1 Å². The lowest BCUT2D eigenvalue weighted by Gasteiger charge is -2.21. The summed E-state index contributed by atoms with van der Waals surface area (Å²) < 4.78 is 43.4. The van der Waals surface area contributed by atoms with Crippen molar-refractivity contribution in [2.45, 2.75) is 74.3 Å². The number of anilines is 6. The summed E-state index contributed by atoms with van der Waals surface area (Å²) in [7, 11) is 2.89. The fourth-order valence-electron chi connectivity index (χ4n) is 10.4. The van der Waals surface area contributed by atoms with Crippen molar-refractivity contribution >= 4 is 113 Å². The van der Waals surface area contributed by atoms with Crippen LogP contribution in [0, 0.1) is 32.6 Å². The van der Waals surface area contributed by atoms with Gasteiger partial charge in [0.05, 0.1) is 54.6 Å². The number of carbonyl (C=O) groups is 2. The Morgan fingerprint density at radius 3 is 1.57 bits per heavy atom. The van der Waals surface area contributed by atoms with E-state index in [-0.39, 0.29) is 101 Å². The molecule has 0 saturated carbocycles. The van der Waals surface area contributed by atoms with Gasteiger partial charge in [-0.15, -0.1) is 0 Å². The van der Waals surface area contributed by atoms with Gasteiger partial charge in [-0.3, -0.25) is 51.6 Å². The van der Waals surface area contributed by atoms with Crippen molar-refractivity contribution in [3.05, 3.63) is 248 Å². The molecule has 10 aromatic rings. The number of rotatable bonds is 14. The van der Waals surface area contributed by atoms with Crippen molar-refractivity contribution in [2.24, 2.45) is 14.1 Å². The number of aryl methyl sites for hydroxylation is 2. The molecule has 0 spiro atoms. The number of ether oxygens (including phenoxy) is 1. The van der Waals surface area contributed by atoms with Gasteiger partial charge >= 0.3 is 11.4 Å². The molecule has 25 heteroatoms. The van der Waals surface area contributed by atoms with Crippen molar-refractivity contribution in [1.82, 2.24) is 27.4 Å². The summed E-state index contributed by atoms with van der Waals surface area (Å²) in [5.74, 6) is -1.88. The zero-order valence-corrected chi connectivity index (χ0v) is 54.4. The molecule has 0 radical (unpaired) electrons. The van der Waals surface area contributed by atoms with E-state index in [1.54, 1.807) is 116 Å². The molecular weight excluding hydrogens is 1410 g/mol. The first-order valence-electron chi connectivity index (χ1n) is 28.4. The minimum absolute atomic E-state index is 0. The number of carbonyl (C=O) groups excluding carboxylic acids is 2. The second-order valence-corrected chi connectivity index (χ2v) is 23.9. The van der Waals surface area contributed by atoms with E-state index < -0.39 is 45.3 Å². The summed E-state index contributed by atoms with van der Waals surface area (Å²) >= 11 is 3.93. The Morgan fingerprint density at radius 2 is 1.04 bits per heavy atom. The minimum Gasteiger partial charge on any atom is -0.392 e. The van der Waals surface area contributed by atoms with Gasteiger partial charge in [0.2, 0.25) is 11.8 Å². The van der Waals surface area contributed by atoms with E-state index in [1.807, 2.05) is 45.2 Å². The van der Waals surface area contributed by atoms with Crippen LogP contribution in [0.4, 0.5) is 43.0 Å². The first-order valence-corrected chi connectivity index (χ1v) is 30.6. The molecule has 21 nitrogen and oxygen atoms in total. The number of halogens is 4. The number of nitrogens with zero attached hydrogens (tertiary/aromatic N) is 6. The van der Waals surface area contributed by atoms with E-state index in [4.69, 9.17) is 4.74 Å². The normalized spacial score (nSPS) is 11.7. The van der Waals surface area contributed by atoms with Crippen LogP contribution in [-0.2, 0) is 54.7 Å². The van der Waals surface area contributed by atoms with Crippen LogP contribution in [0.1, 0.15) is 67.5 Å². The molecule has 478 valence electrons. The van der Waals surface area contributed by atoms with E-state index in [0.717, 1.165) is 26.9 Å². The Labute approximate surface area is 552 Å². The highest BCUT2D eigenvalue weighted by atomic mass is 127. The highest BCUT2D eigenvalue weighted by molar-refractivity contribution is 14.1. The molecule has 1 fully saturated rings. The van der Waals surface area contributed by atoms with Crippen LogP contribution in [0.5, 0.6) is 0 Å². The lowest BCUT2D eigenvalue weighted by atomic mass is 10.1. The van der Waals surface area contributed by atoms with E-state index in [2.05, 4.69) is 21.3 Å². The molecule has 0 atom stereocenters. The molecule has 6 aromatic carbocycles. The molecule has 4 aromatic heterocycles. The Balaban J connectivity index is 0.000000217. The molecule has 1 saturated heterocycles. The van der Waals surface area contributed by atoms with Crippen LogP contribution in [-0.4, -0.2) is 62.6 Å². The largest absolute Gasteiger partial charge is 0.392 e. The fraction of sp³-hybridized carbons (Fsp3) is 0.224. The first-order chi connectivity index (χ1) is 43.5. The van der Waals surface area contributed by atoms with Gasteiger partial charge in [0.25, 0.3) is 22.2 Å². The van der Waals surface area contributed by atoms with Gasteiger partial charge < -0.3 is 36.2 Å². The Morgan fingerprint density at radius 1 is 0.554 bits per heavy atom. The number of hydrogen-bond donors (Lipinski definition) is 6. The number of hydrogen-bond acceptors (Lipinski definition) is 13. The predicted molar refractivity (Wildman–Crippen MR) is 371 cm³/mol. The molecule has 0 unspecified atom stereocenters. The average Bonchev–Trinajstić information content (AvgIpc) is 0.737. The molecule has 92 heavy (non-hydrogen) atoms. The average molecular weight is 1480 g/mol. The number of aromatic nitrogens is 6. The molecule has 5 heterocycles.